The molecule has 0 rings (SSSR count). The Bertz CT molecular complexity index is 174. The number of unbranched alkanes of at least 4 members (excludes halogenated alkanes) is 2. The standard InChI is InChI=1S/C13H29N.BF4/c1-5-8-11-14(12-9-6-2)13(4)10-7-3;2-1(3,4)5/h13H,5-12H2,1-4H3;/q;-1/p+1. The van der Waals surface area contributed by atoms with Crippen LogP contribution in [0.4, 0.5) is 17.3 Å². The van der Waals surface area contributed by atoms with Crippen molar-refractivity contribution in [1.29, 1.82) is 0 Å². The zero-order chi connectivity index (χ0) is 15.3. The molecule has 0 aromatic rings. The second-order valence-corrected chi connectivity index (χ2v) is 5.05. The van der Waals surface area contributed by atoms with Crippen molar-refractivity contribution >= 4 is 7.25 Å². The first-order valence-electron chi connectivity index (χ1n) is 7.48. The molecule has 0 saturated carbocycles. The highest BCUT2D eigenvalue weighted by Crippen LogP contribution is 2.06. The van der Waals surface area contributed by atoms with Gasteiger partial charge in [0.1, 0.15) is 0 Å². The Morgan fingerprint density at radius 2 is 1.21 bits per heavy atom. The number of hydrogen-bond donors (Lipinski definition) is 1. The molecule has 0 bridgehead atoms. The Hall–Kier alpha value is -0.255. The molecule has 0 aliphatic carbocycles. The molecule has 19 heavy (non-hydrogen) atoms. The van der Waals surface area contributed by atoms with Crippen LogP contribution >= 0.6 is 0 Å². The van der Waals surface area contributed by atoms with Gasteiger partial charge in [0.25, 0.3) is 0 Å². The predicted octanol–water partition coefficient (Wildman–Crippen LogP) is 3.96. The van der Waals surface area contributed by atoms with Gasteiger partial charge in [0.2, 0.25) is 0 Å². The van der Waals surface area contributed by atoms with E-state index in [9.17, 15) is 17.3 Å². The Balaban J connectivity index is 0. The van der Waals surface area contributed by atoms with E-state index in [1.54, 1.807) is 0 Å². The van der Waals surface area contributed by atoms with Crippen molar-refractivity contribution in [3.8, 4) is 0 Å². The maximum atomic E-state index is 9.75. The molecule has 6 heteroatoms. The molecule has 0 aliphatic heterocycles. The lowest BCUT2D eigenvalue weighted by molar-refractivity contribution is -0.924. The van der Waals surface area contributed by atoms with Crippen LogP contribution in [0, 0.1) is 0 Å². The highest BCUT2D eigenvalue weighted by molar-refractivity contribution is 6.50. The summed E-state index contributed by atoms with van der Waals surface area (Å²) in [5.74, 6) is 0. The first kappa shape index (κ1) is 21.1. The summed E-state index contributed by atoms with van der Waals surface area (Å²) >= 11 is 0. The van der Waals surface area contributed by atoms with Gasteiger partial charge in [-0.2, -0.15) is 0 Å². The summed E-state index contributed by atoms with van der Waals surface area (Å²) in [6, 6.07) is 0.873. The van der Waals surface area contributed by atoms with Gasteiger partial charge in [-0.3, -0.25) is 0 Å². The van der Waals surface area contributed by atoms with Gasteiger partial charge in [0.15, 0.2) is 0 Å². The van der Waals surface area contributed by atoms with E-state index in [2.05, 4.69) is 27.7 Å². The highest BCUT2D eigenvalue weighted by atomic mass is 19.5. The summed E-state index contributed by atoms with van der Waals surface area (Å²) in [4.78, 5) is 1.84. The van der Waals surface area contributed by atoms with Crippen molar-refractivity contribution in [2.45, 2.75) is 72.3 Å². The van der Waals surface area contributed by atoms with Gasteiger partial charge in [-0.05, 0) is 26.2 Å². The molecule has 0 radical (unpaired) electrons. The van der Waals surface area contributed by atoms with Gasteiger partial charge in [-0.15, -0.1) is 0 Å². The molecule has 0 amide bonds. The summed E-state index contributed by atoms with van der Waals surface area (Å²) in [6.45, 7) is 12.1. The van der Waals surface area contributed by atoms with Crippen LogP contribution in [0.25, 0.3) is 0 Å². The number of quaternary nitrogens is 1. The minimum Gasteiger partial charge on any atom is -0.418 e. The molecule has 1 atom stereocenters. The van der Waals surface area contributed by atoms with Crippen LogP contribution in [-0.2, 0) is 0 Å². The van der Waals surface area contributed by atoms with E-state index in [0.717, 1.165) is 6.04 Å². The van der Waals surface area contributed by atoms with E-state index in [4.69, 9.17) is 0 Å². The van der Waals surface area contributed by atoms with E-state index < -0.39 is 7.25 Å². The van der Waals surface area contributed by atoms with Gasteiger partial charge in [0, 0.05) is 0 Å². The molecular formula is C13H30BF4N. The lowest BCUT2D eigenvalue weighted by Crippen LogP contribution is -3.15. The third-order valence-corrected chi connectivity index (χ3v) is 3.12. The molecule has 0 aromatic heterocycles. The van der Waals surface area contributed by atoms with E-state index in [0.29, 0.717) is 0 Å². The Kier molecular flexibility index (Phi) is 14.1. The largest absolute Gasteiger partial charge is 0.673 e. The maximum Gasteiger partial charge on any atom is 0.673 e. The number of hydrogen-bond acceptors (Lipinski definition) is 0. The number of halogens is 4. The zero-order valence-corrected chi connectivity index (χ0v) is 12.8. The lowest BCUT2D eigenvalue weighted by Gasteiger charge is -2.25. The normalized spacial score (nSPS) is 13.1. The van der Waals surface area contributed by atoms with Crippen molar-refractivity contribution in [3.05, 3.63) is 0 Å². The van der Waals surface area contributed by atoms with Crippen molar-refractivity contribution in [2.24, 2.45) is 0 Å². The number of nitrogens with one attached hydrogen (secondary N) is 1. The van der Waals surface area contributed by atoms with Crippen molar-refractivity contribution < 1.29 is 22.2 Å². The Morgan fingerprint density at radius 3 is 1.47 bits per heavy atom. The van der Waals surface area contributed by atoms with E-state index in [1.807, 2.05) is 4.90 Å². The first-order valence-corrected chi connectivity index (χ1v) is 7.48. The molecule has 0 spiro atoms. The topological polar surface area (TPSA) is 4.44 Å². The summed E-state index contributed by atoms with van der Waals surface area (Å²) in [5.41, 5.74) is 0. The molecule has 1 nitrogen and oxygen atoms in total. The molecule has 0 aromatic carbocycles. The van der Waals surface area contributed by atoms with Crippen molar-refractivity contribution in [1.82, 2.24) is 0 Å². The highest BCUT2D eigenvalue weighted by Gasteiger charge is 2.20. The SMILES string of the molecule is CCCC[NH+](CCCC)C(C)CCC.F[B-](F)(F)F. The fraction of sp³-hybridized carbons (Fsp3) is 1.00. The van der Waals surface area contributed by atoms with Gasteiger partial charge in [0.05, 0.1) is 19.1 Å². The first-order chi connectivity index (χ1) is 8.76. The fourth-order valence-electron chi connectivity index (χ4n) is 2.06. The third-order valence-electron chi connectivity index (χ3n) is 3.12. The van der Waals surface area contributed by atoms with Gasteiger partial charge in [-0.1, -0.05) is 40.0 Å². The summed E-state index contributed by atoms with van der Waals surface area (Å²) in [7, 11) is -6.00. The molecular weight excluding hydrogens is 257 g/mol. The van der Waals surface area contributed by atoms with Crippen LogP contribution in [0.15, 0.2) is 0 Å². The Labute approximate surface area is 115 Å². The lowest BCUT2D eigenvalue weighted by atomic mass is 10.1. The van der Waals surface area contributed by atoms with Gasteiger partial charge < -0.3 is 22.2 Å². The second-order valence-electron chi connectivity index (χ2n) is 5.05. The van der Waals surface area contributed by atoms with Gasteiger partial charge in [-0.25, -0.2) is 0 Å². The molecule has 118 valence electrons. The van der Waals surface area contributed by atoms with Crippen LogP contribution in [0.3, 0.4) is 0 Å². The molecule has 1 N–H and O–H groups in total. The van der Waals surface area contributed by atoms with Crippen molar-refractivity contribution in [3.63, 3.8) is 0 Å². The summed E-state index contributed by atoms with van der Waals surface area (Å²) < 4.78 is 39.0. The Morgan fingerprint density at radius 1 is 0.842 bits per heavy atom. The van der Waals surface area contributed by atoms with Crippen LogP contribution in [-0.4, -0.2) is 26.4 Å². The van der Waals surface area contributed by atoms with E-state index in [1.165, 1.54) is 51.6 Å². The van der Waals surface area contributed by atoms with Gasteiger partial charge >= 0.3 is 7.25 Å². The molecule has 1 unspecified atom stereocenters. The predicted molar refractivity (Wildman–Crippen MR) is 75.1 cm³/mol. The maximum absolute atomic E-state index is 9.75. The zero-order valence-electron chi connectivity index (χ0n) is 12.8. The monoisotopic (exact) mass is 287 g/mol. The summed E-state index contributed by atoms with van der Waals surface area (Å²) in [6.07, 6.45) is 8.20. The van der Waals surface area contributed by atoms with Crippen LogP contribution < -0.4 is 4.90 Å². The smallest absolute Gasteiger partial charge is 0.418 e. The summed E-state index contributed by atoms with van der Waals surface area (Å²) in [5, 5.41) is 0. The molecule has 0 saturated heterocycles. The van der Waals surface area contributed by atoms with Crippen LogP contribution in [0.2, 0.25) is 0 Å². The quantitative estimate of drug-likeness (QED) is 0.483. The number of rotatable bonds is 9. The molecule has 0 aliphatic rings. The van der Waals surface area contributed by atoms with Crippen molar-refractivity contribution in [2.75, 3.05) is 13.1 Å². The van der Waals surface area contributed by atoms with E-state index in [-0.39, 0.29) is 0 Å². The third kappa shape index (κ3) is 20.2. The molecule has 0 heterocycles. The minimum absolute atomic E-state index is 0.873. The molecule has 0 fully saturated rings. The second kappa shape index (κ2) is 12.8. The minimum atomic E-state index is -6.00. The fourth-order valence-corrected chi connectivity index (χ4v) is 2.06. The van der Waals surface area contributed by atoms with Crippen LogP contribution in [0.5, 0.6) is 0 Å². The van der Waals surface area contributed by atoms with Crippen LogP contribution in [0.1, 0.15) is 66.2 Å². The van der Waals surface area contributed by atoms with E-state index >= 15 is 0 Å². The average molecular weight is 287 g/mol. The average Bonchev–Trinajstić information content (AvgIpc) is 2.27.